The normalized spacial score (nSPS) is 17.6. The van der Waals surface area contributed by atoms with E-state index in [2.05, 4.69) is 16.6 Å². The molecule has 0 heterocycles. The lowest BCUT2D eigenvalue weighted by Gasteiger charge is -2.35. The molecule has 3 rings (SSSR count). The van der Waals surface area contributed by atoms with Gasteiger partial charge in [-0.1, -0.05) is 54.8 Å². The maximum Gasteiger partial charge on any atom is 0.408 e. The van der Waals surface area contributed by atoms with Gasteiger partial charge in [0.2, 0.25) is 5.91 Å². The maximum absolute atomic E-state index is 14.4. The van der Waals surface area contributed by atoms with E-state index in [0.29, 0.717) is 34.0 Å². The van der Waals surface area contributed by atoms with Crippen molar-refractivity contribution in [1.29, 1.82) is 0 Å². The Kier molecular flexibility index (Phi) is 10.6. The van der Waals surface area contributed by atoms with Gasteiger partial charge in [-0.3, -0.25) is 9.59 Å². The summed E-state index contributed by atoms with van der Waals surface area (Å²) in [6.45, 7) is 9.16. The third kappa shape index (κ3) is 7.96. The molecule has 0 aromatic heterocycles. The fourth-order valence-electron chi connectivity index (χ4n) is 4.56. The average Bonchev–Trinajstić information content (AvgIpc) is 3.61. The summed E-state index contributed by atoms with van der Waals surface area (Å²) in [6, 6.07) is 10.3. The quantitative estimate of drug-likeness (QED) is 0.326. The number of benzene rings is 2. The molecular weight excluding hydrogens is 546 g/mol. The number of thioether (sulfide) groups is 1. The number of halogens is 1. The van der Waals surface area contributed by atoms with Gasteiger partial charge in [-0.25, -0.2) is 4.79 Å². The number of ether oxygens (including phenoxy) is 1. The number of alkyl carbamates (subject to hydrolysis) is 1. The van der Waals surface area contributed by atoms with Crippen molar-refractivity contribution >= 4 is 47.0 Å². The highest BCUT2D eigenvalue weighted by atomic mass is 35.5. The van der Waals surface area contributed by atoms with Crippen LogP contribution in [0.1, 0.15) is 63.3 Å². The number of carbonyl (C=O) groups excluding carboxylic acids is 3. The summed E-state index contributed by atoms with van der Waals surface area (Å²) < 4.78 is 5.46. The van der Waals surface area contributed by atoms with Crippen LogP contribution >= 0.6 is 23.4 Å². The molecule has 3 amide bonds. The largest absolute Gasteiger partial charge is 0.444 e. The molecule has 1 aliphatic carbocycles. The molecule has 2 aromatic carbocycles. The van der Waals surface area contributed by atoms with Crippen molar-refractivity contribution in [3.8, 4) is 12.3 Å². The van der Waals surface area contributed by atoms with Crippen LogP contribution in [0, 0.1) is 25.2 Å². The van der Waals surface area contributed by atoms with Crippen LogP contribution in [0.15, 0.2) is 42.5 Å². The summed E-state index contributed by atoms with van der Waals surface area (Å²) in [4.78, 5) is 42.9. The number of amides is 3. The molecule has 1 fully saturated rings. The van der Waals surface area contributed by atoms with E-state index >= 15 is 0 Å². The number of nitrogens with zero attached hydrogens (tertiary/aromatic N) is 1. The summed E-state index contributed by atoms with van der Waals surface area (Å²) in [5, 5.41) is 6.12. The molecule has 40 heavy (non-hydrogen) atoms. The highest BCUT2D eigenvalue weighted by Crippen LogP contribution is 2.42. The molecule has 0 spiro atoms. The molecule has 1 aliphatic rings. The maximum atomic E-state index is 14.4. The molecule has 2 aromatic rings. The van der Waals surface area contributed by atoms with Gasteiger partial charge in [0.15, 0.2) is 0 Å². The molecule has 4 unspecified atom stereocenters. The summed E-state index contributed by atoms with van der Waals surface area (Å²) in [5.74, 6) is 2.66. The third-order valence-corrected chi connectivity index (χ3v) is 7.64. The smallest absolute Gasteiger partial charge is 0.408 e. The highest BCUT2D eigenvalue weighted by Gasteiger charge is 2.48. The van der Waals surface area contributed by atoms with Gasteiger partial charge in [0.1, 0.15) is 17.7 Å². The SMILES string of the molecule is C#Cc1ccccc1C(C(=O)Nc1c(C)cccc1Cl)N(C(=O)C(CCSC)NC(=O)OC(C)(C)C)C1CC1C. The van der Waals surface area contributed by atoms with Gasteiger partial charge >= 0.3 is 6.09 Å². The molecule has 2 N–H and O–H groups in total. The number of terminal acetylenes is 1. The van der Waals surface area contributed by atoms with Crippen molar-refractivity contribution in [2.45, 2.75) is 71.2 Å². The van der Waals surface area contributed by atoms with E-state index in [1.807, 2.05) is 26.2 Å². The van der Waals surface area contributed by atoms with Gasteiger partial charge < -0.3 is 20.3 Å². The van der Waals surface area contributed by atoms with Crippen LogP contribution < -0.4 is 10.6 Å². The van der Waals surface area contributed by atoms with Crippen molar-refractivity contribution in [3.63, 3.8) is 0 Å². The predicted octanol–water partition coefficient (Wildman–Crippen LogP) is 6.19. The monoisotopic (exact) mass is 583 g/mol. The summed E-state index contributed by atoms with van der Waals surface area (Å²) in [7, 11) is 0. The van der Waals surface area contributed by atoms with Crippen LogP contribution in [0.5, 0.6) is 0 Å². The minimum atomic E-state index is -1.05. The Balaban J connectivity index is 2.09. The number of nitrogens with one attached hydrogen (secondary N) is 2. The van der Waals surface area contributed by atoms with Crippen LogP contribution in [0.4, 0.5) is 10.5 Å². The van der Waals surface area contributed by atoms with Gasteiger partial charge in [-0.2, -0.15) is 11.8 Å². The van der Waals surface area contributed by atoms with E-state index in [0.717, 1.165) is 12.0 Å². The lowest BCUT2D eigenvalue weighted by atomic mass is 9.96. The molecule has 0 bridgehead atoms. The van der Waals surface area contributed by atoms with Crippen molar-refractivity contribution in [2.75, 3.05) is 17.3 Å². The number of hydrogen-bond donors (Lipinski definition) is 2. The zero-order valence-corrected chi connectivity index (χ0v) is 25.5. The Labute approximate surface area is 246 Å². The van der Waals surface area contributed by atoms with Crippen molar-refractivity contribution in [1.82, 2.24) is 10.2 Å². The Bertz CT molecular complexity index is 1270. The first-order valence-corrected chi connectivity index (χ1v) is 15.1. The molecule has 4 atom stereocenters. The summed E-state index contributed by atoms with van der Waals surface area (Å²) in [6.07, 6.45) is 8.19. The van der Waals surface area contributed by atoms with Crippen LogP contribution in [0.3, 0.4) is 0 Å². The number of aryl methyl sites for hydroxylation is 1. The average molecular weight is 584 g/mol. The van der Waals surface area contributed by atoms with E-state index in [1.165, 1.54) is 0 Å². The lowest BCUT2D eigenvalue weighted by Crippen LogP contribution is -2.53. The molecule has 7 nitrogen and oxygen atoms in total. The second-order valence-corrected chi connectivity index (χ2v) is 12.5. The van der Waals surface area contributed by atoms with Crippen LogP contribution in [-0.4, -0.2) is 52.5 Å². The van der Waals surface area contributed by atoms with E-state index in [1.54, 1.807) is 73.8 Å². The van der Waals surface area contributed by atoms with Crippen molar-refractivity contribution in [2.24, 2.45) is 5.92 Å². The fraction of sp³-hybridized carbons (Fsp3) is 0.452. The Morgan fingerprint density at radius 3 is 2.45 bits per heavy atom. The Morgan fingerprint density at radius 2 is 1.88 bits per heavy atom. The second kappa shape index (κ2) is 13.5. The zero-order chi connectivity index (χ0) is 29.6. The first-order chi connectivity index (χ1) is 18.9. The lowest BCUT2D eigenvalue weighted by molar-refractivity contribution is -0.141. The third-order valence-electron chi connectivity index (χ3n) is 6.69. The van der Waals surface area contributed by atoms with Gasteiger partial charge in [0, 0.05) is 11.6 Å². The van der Waals surface area contributed by atoms with Gasteiger partial charge in [-0.05, 0) is 81.7 Å². The van der Waals surface area contributed by atoms with Gasteiger partial charge in [0.05, 0.1) is 10.7 Å². The number of hydrogen-bond acceptors (Lipinski definition) is 5. The molecular formula is C31H38ClN3O4S. The number of rotatable bonds is 10. The number of para-hydroxylation sites is 1. The second-order valence-electron chi connectivity index (χ2n) is 11.1. The van der Waals surface area contributed by atoms with E-state index in [9.17, 15) is 14.4 Å². The van der Waals surface area contributed by atoms with Gasteiger partial charge in [-0.15, -0.1) is 6.42 Å². The molecule has 0 radical (unpaired) electrons. The molecule has 9 heteroatoms. The summed E-state index contributed by atoms with van der Waals surface area (Å²) >= 11 is 8.01. The Morgan fingerprint density at radius 1 is 1.20 bits per heavy atom. The molecule has 0 aliphatic heterocycles. The first kappa shape index (κ1) is 31.4. The molecule has 214 valence electrons. The topological polar surface area (TPSA) is 87.7 Å². The summed E-state index contributed by atoms with van der Waals surface area (Å²) in [5.41, 5.74) is 1.56. The number of carbonyl (C=O) groups is 3. The van der Waals surface area contributed by atoms with Crippen LogP contribution in [0.2, 0.25) is 5.02 Å². The van der Waals surface area contributed by atoms with E-state index in [4.69, 9.17) is 22.8 Å². The number of anilines is 1. The van der Waals surface area contributed by atoms with Gasteiger partial charge in [0.25, 0.3) is 5.91 Å². The highest BCUT2D eigenvalue weighted by molar-refractivity contribution is 7.98. The van der Waals surface area contributed by atoms with Crippen LogP contribution in [0.25, 0.3) is 0 Å². The predicted molar refractivity (Wildman–Crippen MR) is 163 cm³/mol. The Hall–Kier alpha value is -3.15. The molecule has 0 saturated heterocycles. The first-order valence-electron chi connectivity index (χ1n) is 13.3. The fourth-order valence-corrected chi connectivity index (χ4v) is 5.30. The van der Waals surface area contributed by atoms with Crippen molar-refractivity contribution in [3.05, 3.63) is 64.2 Å². The molecule has 1 saturated carbocycles. The minimum absolute atomic E-state index is 0.169. The zero-order valence-electron chi connectivity index (χ0n) is 23.9. The van der Waals surface area contributed by atoms with Crippen molar-refractivity contribution < 1.29 is 19.1 Å². The van der Waals surface area contributed by atoms with E-state index in [-0.39, 0.29) is 17.9 Å². The standard InChI is InChI=1S/C31H38ClN3O4S/c1-8-21-13-9-10-14-22(21)27(28(36)34-26-19(2)12-11-15-23(26)32)35(25-18-20(25)3)29(37)24(16-17-40-7)33-30(38)39-31(4,5)6/h1,9-15,20,24-25,27H,16-18H2,2-7H3,(H,33,38)(H,34,36). The van der Waals surface area contributed by atoms with Crippen LogP contribution in [-0.2, 0) is 14.3 Å². The minimum Gasteiger partial charge on any atom is -0.444 e. The van der Waals surface area contributed by atoms with E-state index < -0.39 is 29.7 Å².